The summed E-state index contributed by atoms with van der Waals surface area (Å²) in [5.41, 5.74) is 5.72. The van der Waals surface area contributed by atoms with E-state index < -0.39 is 12.1 Å². The van der Waals surface area contributed by atoms with Crippen molar-refractivity contribution in [2.45, 2.75) is 6.36 Å². The molecule has 2 aromatic rings. The molecule has 0 unspecified atom stereocenters. The van der Waals surface area contributed by atoms with E-state index in [4.69, 9.17) is 22.1 Å². The Morgan fingerprint density at radius 2 is 1.72 bits per heavy atom. The number of anilines is 1. The Kier molecular flexibility index (Phi) is 6.35. The molecule has 0 bridgehead atoms. The van der Waals surface area contributed by atoms with E-state index >= 15 is 0 Å². The maximum atomic E-state index is 12.4. The highest BCUT2D eigenvalue weighted by molar-refractivity contribution is 6.32. The molecule has 2 aromatic carbocycles. The SMILES string of the molecule is NC(=NCCOc1ccccc1Cl)Nc1ccccc1OC(F)(F)F. The first-order valence-corrected chi connectivity index (χ1v) is 7.52. The maximum Gasteiger partial charge on any atom is 0.573 e. The Hall–Kier alpha value is -2.61. The van der Waals surface area contributed by atoms with Crippen LogP contribution in [0.4, 0.5) is 18.9 Å². The quantitative estimate of drug-likeness (QED) is 0.455. The average molecular weight is 374 g/mol. The normalized spacial score (nSPS) is 11.9. The number of nitrogens with zero attached hydrogens (tertiary/aromatic N) is 1. The van der Waals surface area contributed by atoms with Crippen molar-refractivity contribution in [2.75, 3.05) is 18.5 Å². The third-order valence-electron chi connectivity index (χ3n) is 2.84. The van der Waals surface area contributed by atoms with Crippen molar-refractivity contribution in [3.8, 4) is 11.5 Å². The van der Waals surface area contributed by atoms with Crippen LogP contribution in [0.1, 0.15) is 0 Å². The smallest absolute Gasteiger partial charge is 0.490 e. The number of benzene rings is 2. The van der Waals surface area contributed by atoms with Crippen LogP contribution in [0.5, 0.6) is 11.5 Å². The average Bonchev–Trinajstić information content (AvgIpc) is 2.54. The van der Waals surface area contributed by atoms with Crippen molar-refractivity contribution in [1.29, 1.82) is 0 Å². The highest BCUT2D eigenvalue weighted by Crippen LogP contribution is 2.29. The molecule has 0 saturated heterocycles. The van der Waals surface area contributed by atoms with Gasteiger partial charge >= 0.3 is 6.36 Å². The first kappa shape index (κ1) is 18.7. The molecule has 3 N–H and O–H groups in total. The summed E-state index contributed by atoms with van der Waals surface area (Å²) >= 11 is 5.94. The standard InChI is InChI=1S/C16H15ClF3N3O2/c17-11-5-1-3-7-13(11)24-10-9-22-15(21)23-12-6-2-4-8-14(12)25-16(18,19)20/h1-8H,9-10H2,(H3,21,22,23). The summed E-state index contributed by atoms with van der Waals surface area (Å²) in [6, 6.07) is 12.5. The minimum absolute atomic E-state index is 0.0492. The molecule has 2 rings (SSSR count). The van der Waals surface area contributed by atoms with Crippen molar-refractivity contribution in [1.82, 2.24) is 0 Å². The summed E-state index contributed by atoms with van der Waals surface area (Å²) < 4.78 is 46.4. The van der Waals surface area contributed by atoms with E-state index in [-0.39, 0.29) is 24.8 Å². The molecule has 0 radical (unpaired) electrons. The number of para-hydroxylation sites is 3. The highest BCUT2D eigenvalue weighted by Gasteiger charge is 2.32. The Bertz CT molecular complexity index is 739. The summed E-state index contributed by atoms with van der Waals surface area (Å²) in [6.45, 7) is 0.388. The lowest BCUT2D eigenvalue weighted by Crippen LogP contribution is -2.25. The topological polar surface area (TPSA) is 68.9 Å². The molecule has 0 amide bonds. The number of halogens is 4. The summed E-state index contributed by atoms with van der Waals surface area (Å²) in [6.07, 6.45) is -4.80. The molecule has 0 spiro atoms. The second kappa shape index (κ2) is 8.48. The van der Waals surface area contributed by atoms with Crippen molar-refractivity contribution in [3.63, 3.8) is 0 Å². The Labute approximate surface area is 147 Å². The van der Waals surface area contributed by atoms with E-state index in [1.165, 1.54) is 18.2 Å². The zero-order valence-electron chi connectivity index (χ0n) is 12.9. The molecule has 0 fully saturated rings. The number of guanidine groups is 1. The molecular weight excluding hydrogens is 359 g/mol. The molecule has 0 saturated carbocycles. The van der Waals surface area contributed by atoms with Crippen LogP contribution in [0.3, 0.4) is 0 Å². The van der Waals surface area contributed by atoms with Crippen molar-refractivity contribution >= 4 is 23.2 Å². The van der Waals surface area contributed by atoms with Crippen molar-refractivity contribution < 1.29 is 22.6 Å². The third-order valence-corrected chi connectivity index (χ3v) is 3.16. The van der Waals surface area contributed by atoms with Crippen LogP contribution in [-0.4, -0.2) is 25.5 Å². The number of nitrogens with two attached hydrogens (primary N) is 1. The van der Waals surface area contributed by atoms with E-state index in [0.717, 1.165) is 0 Å². The number of hydrogen-bond donors (Lipinski definition) is 2. The van der Waals surface area contributed by atoms with Gasteiger partial charge in [0.1, 0.15) is 12.4 Å². The molecular formula is C16H15ClF3N3O2. The van der Waals surface area contributed by atoms with E-state index in [2.05, 4.69) is 15.0 Å². The zero-order chi connectivity index (χ0) is 18.3. The molecule has 0 aliphatic carbocycles. The number of ether oxygens (including phenoxy) is 2. The van der Waals surface area contributed by atoms with Gasteiger partial charge in [-0.2, -0.15) is 0 Å². The van der Waals surface area contributed by atoms with E-state index in [9.17, 15) is 13.2 Å². The Balaban J connectivity index is 1.90. The van der Waals surface area contributed by atoms with Crippen LogP contribution in [0.15, 0.2) is 53.5 Å². The number of nitrogens with one attached hydrogen (secondary N) is 1. The van der Waals surface area contributed by atoms with Gasteiger partial charge in [-0.1, -0.05) is 35.9 Å². The predicted octanol–water partition coefficient (Wildman–Crippen LogP) is 4.04. The van der Waals surface area contributed by atoms with Crippen LogP contribution in [0, 0.1) is 0 Å². The molecule has 25 heavy (non-hydrogen) atoms. The highest BCUT2D eigenvalue weighted by atomic mass is 35.5. The second-order valence-corrected chi connectivity index (χ2v) is 5.12. The van der Waals surface area contributed by atoms with Crippen LogP contribution >= 0.6 is 11.6 Å². The summed E-state index contributed by atoms with van der Waals surface area (Å²) in [7, 11) is 0. The van der Waals surface area contributed by atoms with Gasteiger partial charge in [0.15, 0.2) is 11.7 Å². The summed E-state index contributed by atoms with van der Waals surface area (Å²) in [4.78, 5) is 3.98. The van der Waals surface area contributed by atoms with Gasteiger partial charge in [0, 0.05) is 0 Å². The monoisotopic (exact) mass is 373 g/mol. The van der Waals surface area contributed by atoms with E-state index in [1.54, 1.807) is 30.3 Å². The van der Waals surface area contributed by atoms with Crippen LogP contribution < -0.4 is 20.5 Å². The van der Waals surface area contributed by atoms with E-state index in [1.807, 2.05) is 0 Å². The number of aliphatic imine (C=N–C) groups is 1. The first-order valence-electron chi connectivity index (χ1n) is 7.14. The Morgan fingerprint density at radius 3 is 2.40 bits per heavy atom. The van der Waals surface area contributed by atoms with Crippen LogP contribution in [0.2, 0.25) is 5.02 Å². The minimum Gasteiger partial charge on any atom is -0.490 e. The summed E-state index contributed by atoms with van der Waals surface area (Å²) in [5.74, 6) is 0.0382. The second-order valence-electron chi connectivity index (χ2n) is 4.71. The number of alkyl halides is 3. The molecule has 5 nitrogen and oxygen atoms in total. The van der Waals surface area contributed by atoms with Gasteiger partial charge in [-0.05, 0) is 24.3 Å². The van der Waals surface area contributed by atoms with Crippen LogP contribution in [-0.2, 0) is 0 Å². The van der Waals surface area contributed by atoms with Crippen LogP contribution in [0.25, 0.3) is 0 Å². The molecule has 9 heteroatoms. The predicted molar refractivity (Wildman–Crippen MR) is 90.2 cm³/mol. The van der Waals surface area contributed by atoms with Gasteiger partial charge in [-0.3, -0.25) is 0 Å². The van der Waals surface area contributed by atoms with Crippen molar-refractivity contribution in [3.05, 3.63) is 53.6 Å². The van der Waals surface area contributed by atoms with Gasteiger partial charge in [-0.15, -0.1) is 13.2 Å². The fourth-order valence-electron chi connectivity index (χ4n) is 1.84. The maximum absolute atomic E-state index is 12.4. The lowest BCUT2D eigenvalue weighted by Gasteiger charge is -2.14. The molecule has 0 heterocycles. The van der Waals surface area contributed by atoms with Gasteiger partial charge in [0.25, 0.3) is 0 Å². The molecule has 0 aliphatic heterocycles. The fraction of sp³-hybridized carbons (Fsp3) is 0.188. The lowest BCUT2D eigenvalue weighted by atomic mass is 10.3. The summed E-state index contributed by atoms with van der Waals surface area (Å²) in [5, 5.41) is 3.03. The van der Waals surface area contributed by atoms with Gasteiger partial charge < -0.3 is 20.5 Å². The molecule has 0 atom stereocenters. The fourth-order valence-corrected chi connectivity index (χ4v) is 2.03. The molecule has 0 aliphatic rings. The third kappa shape index (κ3) is 6.42. The van der Waals surface area contributed by atoms with Gasteiger partial charge in [-0.25, -0.2) is 4.99 Å². The van der Waals surface area contributed by atoms with Gasteiger partial charge in [0.05, 0.1) is 17.3 Å². The first-order chi connectivity index (χ1) is 11.8. The molecule has 0 aromatic heterocycles. The number of rotatable bonds is 6. The van der Waals surface area contributed by atoms with E-state index in [0.29, 0.717) is 10.8 Å². The minimum atomic E-state index is -4.80. The van der Waals surface area contributed by atoms with Crippen molar-refractivity contribution in [2.24, 2.45) is 10.7 Å². The Morgan fingerprint density at radius 1 is 1.08 bits per heavy atom. The number of hydrogen-bond acceptors (Lipinski definition) is 3. The van der Waals surface area contributed by atoms with Gasteiger partial charge in [0.2, 0.25) is 0 Å². The largest absolute Gasteiger partial charge is 0.573 e. The lowest BCUT2D eigenvalue weighted by molar-refractivity contribution is -0.274. The zero-order valence-corrected chi connectivity index (χ0v) is 13.6. The molecule has 134 valence electrons.